The molecule has 31 heavy (non-hydrogen) atoms. The van der Waals surface area contributed by atoms with Crippen LogP contribution in [0.15, 0.2) is 42.9 Å². The van der Waals surface area contributed by atoms with E-state index in [2.05, 4.69) is 15.0 Å². The first kappa shape index (κ1) is 22.3. The number of nitrogens with zero attached hydrogens (tertiary/aromatic N) is 2. The Balaban J connectivity index is 0.00000272. The highest BCUT2D eigenvalue weighted by molar-refractivity contribution is 6.03. The van der Waals surface area contributed by atoms with Gasteiger partial charge in [0.25, 0.3) is 0 Å². The van der Waals surface area contributed by atoms with Gasteiger partial charge in [0.1, 0.15) is 18.7 Å². The topological polar surface area (TPSA) is 95.6 Å². The third kappa shape index (κ3) is 4.55. The molecule has 0 spiro atoms. The molecule has 0 aliphatic heterocycles. The summed E-state index contributed by atoms with van der Waals surface area (Å²) in [5.74, 6) is 1.27. The molecule has 0 fully saturated rings. The van der Waals surface area contributed by atoms with Crippen molar-refractivity contribution in [3.8, 4) is 28.5 Å². The minimum Gasteiger partial charge on any atom is -0.493 e. The van der Waals surface area contributed by atoms with E-state index in [4.69, 9.17) is 18.9 Å². The van der Waals surface area contributed by atoms with Crippen molar-refractivity contribution < 1.29 is 23.7 Å². The number of ether oxygens (including phenoxy) is 4. The summed E-state index contributed by atoms with van der Waals surface area (Å²) in [5, 5.41) is 1.69. The Hall–Kier alpha value is -3.36. The maximum Gasteiger partial charge on any atom is 0.308 e. The Morgan fingerprint density at radius 1 is 1.03 bits per heavy atom. The lowest BCUT2D eigenvalue weighted by atomic mass is 10.0. The molecular weight excluding hydrogens is 422 g/mol. The van der Waals surface area contributed by atoms with Gasteiger partial charge in [-0.2, -0.15) is 0 Å². The number of aromatic amines is 1. The lowest BCUT2D eigenvalue weighted by Gasteiger charge is -2.13. The van der Waals surface area contributed by atoms with Crippen molar-refractivity contribution in [2.45, 2.75) is 6.92 Å². The van der Waals surface area contributed by atoms with Crippen LogP contribution in [0.3, 0.4) is 0 Å². The van der Waals surface area contributed by atoms with Gasteiger partial charge >= 0.3 is 5.97 Å². The molecule has 0 amide bonds. The van der Waals surface area contributed by atoms with Crippen LogP contribution in [0.1, 0.15) is 6.92 Å². The molecule has 162 valence electrons. The average molecular weight is 444 g/mol. The molecule has 4 aromatic rings. The molecule has 0 bridgehead atoms. The summed E-state index contributed by atoms with van der Waals surface area (Å²) in [6.07, 6.45) is 3.39. The molecule has 0 aliphatic carbocycles. The number of halogens is 1. The summed E-state index contributed by atoms with van der Waals surface area (Å²) < 4.78 is 21.6. The Morgan fingerprint density at radius 2 is 1.87 bits per heavy atom. The maximum atomic E-state index is 11.3. The summed E-state index contributed by atoms with van der Waals surface area (Å²) in [5.41, 5.74) is 3.22. The lowest BCUT2D eigenvalue weighted by Crippen LogP contribution is -2.05. The molecule has 0 unspecified atom stereocenters. The van der Waals surface area contributed by atoms with Crippen LogP contribution in [0.5, 0.6) is 17.2 Å². The van der Waals surface area contributed by atoms with Crippen LogP contribution in [0.2, 0.25) is 0 Å². The van der Waals surface area contributed by atoms with Gasteiger partial charge in [0.15, 0.2) is 11.5 Å². The van der Waals surface area contributed by atoms with Crippen LogP contribution < -0.4 is 14.2 Å². The SMILES string of the molecule is COCCOc1cc2ncnc(-c3c[nH]c4ccc(OC(C)=O)cc34)c2cc1OC.Cl. The summed E-state index contributed by atoms with van der Waals surface area (Å²) in [7, 11) is 3.21. The minimum atomic E-state index is -0.371. The molecule has 0 saturated carbocycles. The van der Waals surface area contributed by atoms with Gasteiger partial charge in [-0.05, 0) is 24.3 Å². The van der Waals surface area contributed by atoms with E-state index in [0.717, 1.165) is 33.1 Å². The number of H-pyrrole nitrogens is 1. The fourth-order valence-corrected chi connectivity index (χ4v) is 3.31. The molecule has 9 heteroatoms. The molecule has 0 atom stereocenters. The zero-order valence-corrected chi connectivity index (χ0v) is 18.1. The molecule has 8 nitrogen and oxygen atoms in total. The van der Waals surface area contributed by atoms with Crippen LogP contribution in [-0.2, 0) is 9.53 Å². The molecule has 0 radical (unpaired) electrons. The van der Waals surface area contributed by atoms with E-state index in [1.54, 1.807) is 20.3 Å². The van der Waals surface area contributed by atoms with Gasteiger partial charge in [0.2, 0.25) is 0 Å². The first-order valence-corrected chi connectivity index (χ1v) is 9.35. The largest absolute Gasteiger partial charge is 0.493 e. The molecule has 1 N–H and O–H groups in total. The van der Waals surface area contributed by atoms with Gasteiger partial charge in [-0.25, -0.2) is 9.97 Å². The summed E-state index contributed by atoms with van der Waals surface area (Å²) in [6.45, 7) is 2.24. The first-order chi connectivity index (χ1) is 14.6. The Kier molecular flexibility index (Phi) is 6.94. The number of methoxy groups -OCH3 is 2. The highest BCUT2D eigenvalue weighted by Gasteiger charge is 2.16. The predicted molar refractivity (Wildman–Crippen MR) is 119 cm³/mol. The van der Waals surface area contributed by atoms with Crippen molar-refractivity contribution >= 4 is 40.2 Å². The summed E-state index contributed by atoms with van der Waals surface area (Å²) in [6, 6.07) is 9.11. The van der Waals surface area contributed by atoms with E-state index in [1.165, 1.54) is 13.3 Å². The van der Waals surface area contributed by atoms with Gasteiger partial charge < -0.3 is 23.9 Å². The number of nitrogens with one attached hydrogen (secondary N) is 1. The van der Waals surface area contributed by atoms with E-state index in [0.29, 0.717) is 30.5 Å². The van der Waals surface area contributed by atoms with Crippen molar-refractivity contribution in [2.24, 2.45) is 0 Å². The molecule has 0 saturated heterocycles. The second-order valence-electron chi connectivity index (χ2n) is 6.59. The Morgan fingerprint density at radius 3 is 2.61 bits per heavy atom. The fraction of sp³-hybridized carbons (Fsp3) is 0.227. The van der Waals surface area contributed by atoms with Crippen molar-refractivity contribution in [1.82, 2.24) is 15.0 Å². The monoisotopic (exact) mass is 443 g/mol. The number of aromatic nitrogens is 3. The van der Waals surface area contributed by atoms with Crippen LogP contribution in [0.4, 0.5) is 0 Å². The number of benzene rings is 2. The van der Waals surface area contributed by atoms with Crippen LogP contribution >= 0.6 is 12.4 Å². The zero-order chi connectivity index (χ0) is 21.1. The van der Waals surface area contributed by atoms with Gasteiger partial charge in [0.05, 0.1) is 24.9 Å². The quantitative estimate of drug-likeness (QED) is 0.260. The maximum absolute atomic E-state index is 11.3. The molecular formula is C22H22ClN3O5. The smallest absolute Gasteiger partial charge is 0.308 e. The molecule has 2 heterocycles. The number of hydrogen-bond donors (Lipinski definition) is 1. The number of fused-ring (bicyclic) bond motifs is 2. The predicted octanol–water partition coefficient (Wildman–Crippen LogP) is 4.16. The standard InChI is InChI=1S/C22H21N3O5.ClH/c1-13(26)30-14-4-5-18-15(8-14)17(11-23-18)22-16-9-20(28-3)21(29-7-6-27-2)10-19(16)24-12-25-22;/h4-5,8-12,23H,6-7H2,1-3H3;1H. The summed E-state index contributed by atoms with van der Waals surface area (Å²) in [4.78, 5) is 23.5. The second kappa shape index (κ2) is 9.63. The number of hydrogen-bond acceptors (Lipinski definition) is 7. The number of rotatable bonds is 7. The van der Waals surface area contributed by atoms with Crippen molar-refractivity contribution in [1.29, 1.82) is 0 Å². The van der Waals surface area contributed by atoms with Crippen LogP contribution in [-0.4, -0.2) is 48.4 Å². The van der Waals surface area contributed by atoms with E-state index in [1.807, 2.05) is 30.5 Å². The van der Waals surface area contributed by atoms with Gasteiger partial charge in [0, 0.05) is 48.1 Å². The van der Waals surface area contributed by atoms with E-state index < -0.39 is 0 Å². The van der Waals surface area contributed by atoms with E-state index >= 15 is 0 Å². The Bertz CT molecular complexity index is 1220. The van der Waals surface area contributed by atoms with Crippen molar-refractivity contribution in [2.75, 3.05) is 27.4 Å². The van der Waals surface area contributed by atoms with Gasteiger partial charge in [-0.15, -0.1) is 12.4 Å². The molecule has 4 rings (SSSR count). The average Bonchev–Trinajstić information content (AvgIpc) is 3.15. The third-order valence-electron chi connectivity index (χ3n) is 4.64. The highest BCUT2D eigenvalue weighted by atomic mass is 35.5. The lowest BCUT2D eigenvalue weighted by molar-refractivity contribution is -0.131. The van der Waals surface area contributed by atoms with Crippen molar-refractivity contribution in [3.05, 3.63) is 42.9 Å². The third-order valence-corrected chi connectivity index (χ3v) is 4.64. The summed E-state index contributed by atoms with van der Waals surface area (Å²) >= 11 is 0. The number of carbonyl (C=O) groups excluding carboxylic acids is 1. The van der Waals surface area contributed by atoms with Gasteiger partial charge in [-0.3, -0.25) is 4.79 Å². The fourth-order valence-electron chi connectivity index (χ4n) is 3.31. The first-order valence-electron chi connectivity index (χ1n) is 9.35. The van der Waals surface area contributed by atoms with Gasteiger partial charge in [-0.1, -0.05) is 0 Å². The van der Waals surface area contributed by atoms with E-state index in [9.17, 15) is 4.79 Å². The molecule has 2 aromatic carbocycles. The molecule has 2 aromatic heterocycles. The van der Waals surface area contributed by atoms with Crippen molar-refractivity contribution in [3.63, 3.8) is 0 Å². The minimum absolute atomic E-state index is 0. The van der Waals surface area contributed by atoms with E-state index in [-0.39, 0.29) is 18.4 Å². The Labute approximate surface area is 184 Å². The van der Waals surface area contributed by atoms with Crippen LogP contribution in [0.25, 0.3) is 33.1 Å². The second-order valence-corrected chi connectivity index (χ2v) is 6.59. The normalized spacial score (nSPS) is 10.7. The number of carbonyl (C=O) groups is 1. The zero-order valence-electron chi connectivity index (χ0n) is 17.3. The molecule has 0 aliphatic rings. The number of esters is 1. The van der Waals surface area contributed by atoms with Crippen LogP contribution in [0, 0.1) is 0 Å². The highest BCUT2D eigenvalue weighted by Crippen LogP contribution is 2.38.